The van der Waals surface area contributed by atoms with Gasteiger partial charge in [0.05, 0.1) is 43.5 Å². The van der Waals surface area contributed by atoms with Crippen molar-refractivity contribution in [2.24, 2.45) is 0 Å². The van der Waals surface area contributed by atoms with E-state index in [4.69, 9.17) is 4.74 Å². The molecule has 9 heteroatoms. The zero-order chi connectivity index (χ0) is 27.6. The highest BCUT2D eigenvalue weighted by Gasteiger charge is 2.52. The molecule has 2 amide bonds. The van der Waals surface area contributed by atoms with Gasteiger partial charge >= 0.3 is 11.8 Å². The number of anilines is 1. The molecule has 0 radical (unpaired) electrons. The minimum absolute atomic E-state index is 0.0289. The standard InChI is InChI=1S/C30H31F2N3O4/c1-39-24-10-7-20(8-11-24)17-35-27-15-21(9-12-25(27)30(31,32)29(35)38)16-28(37)33-26(22-5-3-2-4-6-22)19-34-14-13-23(36)18-34/h2-12,15,23,26,36H,13-14,16-19H2,1H3,(H,33,37)/t23?,26-/m1/s1. The number of amides is 2. The highest BCUT2D eigenvalue weighted by atomic mass is 19.3. The number of β-amino-alcohol motifs (C(OH)–C–C–N with tert-alkyl or cyclic N) is 1. The predicted octanol–water partition coefficient (Wildman–Crippen LogP) is 3.80. The second kappa shape index (κ2) is 11.1. The molecule has 2 aliphatic heterocycles. The molecule has 0 aromatic heterocycles. The van der Waals surface area contributed by atoms with Crippen molar-refractivity contribution in [2.45, 2.75) is 37.5 Å². The highest BCUT2D eigenvalue weighted by molar-refractivity contribution is 6.06. The number of hydrogen-bond acceptors (Lipinski definition) is 5. The van der Waals surface area contributed by atoms with Crippen molar-refractivity contribution >= 4 is 17.5 Å². The summed E-state index contributed by atoms with van der Waals surface area (Å²) in [6, 6.07) is 20.4. The summed E-state index contributed by atoms with van der Waals surface area (Å²) in [6.45, 7) is 1.82. The number of methoxy groups -OCH3 is 1. The number of carbonyl (C=O) groups is 2. The number of rotatable bonds is 9. The molecule has 204 valence electrons. The fourth-order valence-electron chi connectivity index (χ4n) is 5.23. The Morgan fingerprint density at radius 2 is 1.82 bits per heavy atom. The molecule has 2 N–H and O–H groups in total. The van der Waals surface area contributed by atoms with Crippen LogP contribution >= 0.6 is 0 Å². The van der Waals surface area contributed by atoms with Crippen molar-refractivity contribution in [2.75, 3.05) is 31.6 Å². The summed E-state index contributed by atoms with van der Waals surface area (Å²) in [4.78, 5) is 29.0. The maximum absolute atomic E-state index is 14.9. The summed E-state index contributed by atoms with van der Waals surface area (Å²) < 4.78 is 34.9. The molecule has 3 aromatic rings. The van der Waals surface area contributed by atoms with E-state index in [1.54, 1.807) is 24.3 Å². The molecule has 2 aliphatic rings. The molecule has 1 saturated heterocycles. The molecule has 39 heavy (non-hydrogen) atoms. The zero-order valence-corrected chi connectivity index (χ0v) is 21.6. The molecule has 1 fully saturated rings. The van der Waals surface area contributed by atoms with E-state index in [-0.39, 0.29) is 42.3 Å². The van der Waals surface area contributed by atoms with Crippen molar-refractivity contribution in [3.8, 4) is 5.75 Å². The van der Waals surface area contributed by atoms with E-state index in [1.165, 1.54) is 25.3 Å². The fourth-order valence-corrected chi connectivity index (χ4v) is 5.23. The van der Waals surface area contributed by atoms with E-state index in [1.807, 2.05) is 30.3 Å². The number of nitrogens with one attached hydrogen (secondary N) is 1. The highest BCUT2D eigenvalue weighted by Crippen LogP contribution is 2.45. The molecule has 1 unspecified atom stereocenters. The zero-order valence-electron chi connectivity index (χ0n) is 21.6. The lowest BCUT2D eigenvalue weighted by Crippen LogP contribution is -2.38. The normalized spacial score (nSPS) is 19.1. The second-order valence-electron chi connectivity index (χ2n) is 10.1. The van der Waals surface area contributed by atoms with E-state index < -0.39 is 11.8 Å². The molecule has 3 aromatic carbocycles. The maximum Gasteiger partial charge on any atom is 0.352 e. The summed E-state index contributed by atoms with van der Waals surface area (Å²) in [5, 5.41) is 13.0. The van der Waals surface area contributed by atoms with E-state index in [0.717, 1.165) is 17.0 Å². The van der Waals surface area contributed by atoms with Gasteiger partial charge in [0, 0.05) is 19.6 Å². The third-order valence-corrected chi connectivity index (χ3v) is 7.29. The molecule has 2 heterocycles. The number of alkyl halides is 2. The lowest BCUT2D eigenvalue weighted by atomic mass is 10.0. The van der Waals surface area contributed by atoms with Crippen LogP contribution in [0.1, 0.15) is 34.7 Å². The van der Waals surface area contributed by atoms with E-state index >= 15 is 0 Å². The van der Waals surface area contributed by atoms with Gasteiger partial charge in [-0.05, 0) is 41.3 Å². The van der Waals surface area contributed by atoms with Crippen LogP contribution in [-0.4, -0.2) is 54.7 Å². The smallest absolute Gasteiger partial charge is 0.352 e. The molecular weight excluding hydrogens is 504 g/mol. The largest absolute Gasteiger partial charge is 0.497 e. The number of carbonyl (C=O) groups excluding carboxylic acids is 2. The topological polar surface area (TPSA) is 82.1 Å². The molecular formula is C30H31F2N3O4. The number of nitrogens with zero attached hydrogens (tertiary/aromatic N) is 2. The SMILES string of the molecule is COc1ccc(CN2C(=O)C(F)(F)c3ccc(CC(=O)N[C@H](CN4CCC(O)C4)c4ccccc4)cc32)cc1. The third-order valence-electron chi connectivity index (χ3n) is 7.29. The first-order valence-corrected chi connectivity index (χ1v) is 13.0. The average Bonchev–Trinajstić information content (AvgIpc) is 3.42. The van der Waals surface area contributed by atoms with Crippen LogP contribution in [0.15, 0.2) is 72.8 Å². The van der Waals surface area contributed by atoms with Crippen LogP contribution < -0.4 is 15.0 Å². The van der Waals surface area contributed by atoms with Crippen molar-refractivity contribution in [1.29, 1.82) is 0 Å². The van der Waals surface area contributed by atoms with Gasteiger partial charge in [-0.3, -0.25) is 14.5 Å². The predicted molar refractivity (Wildman–Crippen MR) is 143 cm³/mol. The number of ether oxygens (including phenoxy) is 1. The fraction of sp³-hybridized carbons (Fsp3) is 0.333. The average molecular weight is 536 g/mol. The molecule has 7 nitrogen and oxygen atoms in total. The lowest BCUT2D eigenvalue weighted by molar-refractivity contribution is -0.141. The monoisotopic (exact) mass is 535 g/mol. The first kappa shape index (κ1) is 26.8. The van der Waals surface area contributed by atoms with Crippen LogP contribution in [0.25, 0.3) is 0 Å². The third kappa shape index (κ3) is 5.79. The van der Waals surface area contributed by atoms with Gasteiger partial charge in [0.1, 0.15) is 5.75 Å². The Hall–Kier alpha value is -3.82. The van der Waals surface area contributed by atoms with Crippen LogP contribution in [0.2, 0.25) is 0 Å². The minimum Gasteiger partial charge on any atom is -0.497 e. The number of halogens is 2. The van der Waals surface area contributed by atoms with Crippen LogP contribution in [-0.2, 0) is 28.5 Å². The van der Waals surface area contributed by atoms with Gasteiger partial charge in [0.15, 0.2) is 0 Å². The van der Waals surface area contributed by atoms with E-state index in [9.17, 15) is 23.5 Å². The Kier molecular flexibility index (Phi) is 7.63. The molecule has 0 saturated carbocycles. The van der Waals surface area contributed by atoms with Crippen molar-refractivity contribution < 1.29 is 28.2 Å². The molecule has 5 rings (SSSR count). The van der Waals surface area contributed by atoms with Crippen LogP contribution in [0.5, 0.6) is 5.75 Å². The molecule has 0 spiro atoms. The Morgan fingerprint density at radius 3 is 2.49 bits per heavy atom. The van der Waals surface area contributed by atoms with Gasteiger partial charge in [-0.1, -0.05) is 54.6 Å². The molecule has 0 bridgehead atoms. The number of benzene rings is 3. The molecule has 0 aliphatic carbocycles. The summed E-state index contributed by atoms with van der Waals surface area (Å²) in [5.41, 5.74) is 1.89. The quantitative estimate of drug-likeness (QED) is 0.436. The second-order valence-corrected chi connectivity index (χ2v) is 10.1. The summed E-state index contributed by atoms with van der Waals surface area (Å²) >= 11 is 0. The van der Waals surface area contributed by atoms with Crippen molar-refractivity contribution in [3.05, 3.63) is 95.1 Å². The van der Waals surface area contributed by atoms with Crippen LogP contribution in [0.4, 0.5) is 14.5 Å². The Labute approximate surface area is 226 Å². The maximum atomic E-state index is 14.9. The Bertz CT molecular complexity index is 1330. The van der Waals surface area contributed by atoms with E-state index in [2.05, 4.69) is 10.2 Å². The summed E-state index contributed by atoms with van der Waals surface area (Å²) in [7, 11) is 1.53. The van der Waals surface area contributed by atoms with E-state index in [0.29, 0.717) is 36.4 Å². The van der Waals surface area contributed by atoms with Gasteiger partial charge in [-0.25, -0.2) is 0 Å². The van der Waals surface area contributed by atoms with Crippen molar-refractivity contribution in [1.82, 2.24) is 10.2 Å². The molecule has 2 atom stereocenters. The number of likely N-dealkylation sites (tertiary alicyclic amines) is 1. The number of aliphatic hydroxyl groups excluding tert-OH is 1. The van der Waals surface area contributed by atoms with Gasteiger partial charge in [-0.15, -0.1) is 0 Å². The minimum atomic E-state index is -3.64. The number of fused-ring (bicyclic) bond motifs is 1. The Morgan fingerprint density at radius 1 is 1.10 bits per heavy atom. The lowest BCUT2D eigenvalue weighted by Gasteiger charge is -2.25. The van der Waals surface area contributed by atoms with Gasteiger partial charge in [0.25, 0.3) is 0 Å². The summed E-state index contributed by atoms with van der Waals surface area (Å²) in [5.74, 6) is -4.56. The first-order chi connectivity index (χ1) is 18.7. The first-order valence-electron chi connectivity index (χ1n) is 13.0. The van der Waals surface area contributed by atoms with Crippen molar-refractivity contribution in [3.63, 3.8) is 0 Å². The van der Waals surface area contributed by atoms with Gasteiger partial charge < -0.3 is 20.1 Å². The Balaban J connectivity index is 1.33. The van der Waals surface area contributed by atoms with Crippen LogP contribution in [0.3, 0.4) is 0 Å². The number of aliphatic hydroxyl groups is 1. The van der Waals surface area contributed by atoms with Gasteiger partial charge in [0.2, 0.25) is 5.91 Å². The van der Waals surface area contributed by atoms with Crippen LogP contribution in [0, 0.1) is 0 Å². The summed E-state index contributed by atoms with van der Waals surface area (Å²) in [6.07, 6.45) is 0.293. The van der Waals surface area contributed by atoms with Gasteiger partial charge in [-0.2, -0.15) is 8.78 Å². The number of hydrogen-bond donors (Lipinski definition) is 2.